The Hall–Kier alpha value is -2.56. The average Bonchev–Trinajstić information content (AvgIpc) is 3.07. The highest BCUT2D eigenvalue weighted by atomic mass is 16.1. The van der Waals surface area contributed by atoms with Crippen molar-refractivity contribution in [2.75, 3.05) is 6.54 Å². The molecule has 0 spiro atoms. The van der Waals surface area contributed by atoms with E-state index >= 15 is 0 Å². The Labute approximate surface area is 116 Å². The minimum absolute atomic E-state index is 0.0595. The number of carbonyl (C=O) groups excluding carboxylic acids is 1. The molecular weight excluding hydrogens is 252 g/mol. The number of carbonyl (C=O) groups is 1. The largest absolute Gasteiger partial charge is 0.361 e. The fourth-order valence-corrected chi connectivity index (χ4v) is 2.22. The molecule has 2 heterocycles. The van der Waals surface area contributed by atoms with Gasteiger partial charge in [-0.3, -0.25) is 4.79 Å². The number of imidazole rings is 1. The van der Waals surface area contributed by atoms with E-state index in [0.717, 1.165) is 23.1 Å². The molecule has 0 radical (unpaired) electrons. The summed E-state index contributed by atoms with van der Waals surface area (Å²) in [6, 6.07) is 7.63. The molecule has 5 heteroatoms. The van der Waals surface area contributed by atoms with Crippen molar-refractivity contribution in [3.63, 3.8) is 0 Å². The Balaban J connectivity index is 1.62. The minimum Gasteiger partial charge on any atom is -0.361 e. The van der Waals surface area contributed by atoms with Crippen molar-refractivity contribution in [1.82, 2.24) is 19.9 Å². The lowest BCUT2D eigenvalue weighted by atomic mass is 10.1. The van der Waals surface area contributed by atoms with Crippen LogP contribution in [-0.4, -0.2) is 27.0 Å². The van der Waals surface area contributed by atoms with Crippen LogP contribution < -0.4 is 5.32 Å². The third-order valence-corrected chi connectivity index (χ3v) is 3.37. The van der Waals surface area contributed by atoms with Crippen LogP contribution in [0.25, 0.3) is 10.9 Å². The third kappa shape index (κ3) is 2.42. The zero-order valence-electron chi connectivity index (χ0n) is 11.3. The fourth-order valence-electron chi connectivity index (χ4n) is 2.22. The molecule has 0 aliphatic heterocycles. The predicted molar refractivity (Wildman–Crippen MR) is 77.5 cm³/mol. The maximum atomic E-state index is 12.1. The third-order valence-electron chi connectivity index (χ3n) is 3.37. The molecule has 2 N–H and O–H groups in total. The van der Waals surface area contributed by atoms with Gasteiger partial charge in [-0.25, -0.2) is 4.98 Å². The molecule has 2 aromatic heterocycles. The van der Waals surface area contributed by atoms with Crippen molar-refractivity contribution in [2.45, 2.75) is 6.42 Å². The molecule has 0 saturated heterocycles. The van der Waals surface area contributed by atoms with Gasteiger partial charge in [0.15, 0.2) is 0 Å². The number of benzene rings is 1. The zero-order valence-corrected chi connectivity index (χ0v) is 11.3. The molecule has 0 bridgehead atoms. The van der Waals surface area contributed by atoms with Crippen molar-refractivity contribution in [2.24, 2.45) is 7.05 Å². The molecule has 3 aromatic rings. The summed E-state index contributed by atoms with van der Waals surface area (Å²) in [5, 5.41) is 4.02. The minimum atomic E-state index is -0.0595. The number of fused-ring (bicyclic) bond motifs is 1. The van der Waals surface area contributed by atoms with Gasteiger partial charge in [-0.1, -0.05) is 6.07 Å². The zero-order chi connectivity index (χ0) is 13.9. The van der Waals surface area contributed by atoms with Crippen molar-refractivity contribution in [3.05, 3.63) is 54.2 Å². The number of nitrogens with zero attached hydrogens (tertiary/aromatic N) is 2. The number of H-pyrrole nitrogens is 1. The molecule has 5 nitrogen and oxygen atoms in total. The highest BCUT2D eigenvalue weighted by Crippen LogP contribution is 2.13. The van der Waals surface area contributed by atoms with Crippen LogP contribution in [0.3, 0.4) is 0 Å². The second kappa shape index (κ2) is 5.21. The molecule has 3 rings (SSSR count). The van der Waals surface area contributed by atoms with Gasteiger partial charge in [0, 0.05) is 49.7 Å². The molecule has 20 heavy (non-hydrogen) atoms. The van der Waals surface area contributed by atoms with E-state index in [2.05, 4.69) is 15.3 Å². The standard InChI is InChI=1S/C15H16N4O/c1-19-9-8-17-14(19)5-7-18-15(20)12-3-2-11-4-6-16-13(11)10-12/h2-4,6,8-10,16H,5,7H2,1H3,(H,18,20). The Morgan fingerprint density at radius 2 is 2.30 bits per heavy atom. The van der Waals surface area contributed by atoms with E-state index in [1.54, 1.807) is 6.20 Å². The molecule has 0 saturated carbocycles. The first-order chi connectivity index (χ1) is 9.74. The molecule has 0 atom stereocenters. The monoisotopic (exact) mass is 268 g/mol. The summed E-state index contributed by atoms with van der Waals surface area (Å²) in [7, 11) is 1.95. The maximum absolute atomic E-state index is 12.1. The van der Waals surface area contributed by atoms with E-state index in [1.165, 1.54) is 0 Å². The van der Waals surface area contributed by atoms with E-state index < -0.39 is 0 Å². The van der Waals surface area contributed by atoms with Gasteiger partial charge in [-0.2, -0.15) is 0 Å². The van der Waals surface area contributed by atoms with Crippen molar-refractivity contribution in [3.8, 4) is 0 Å². The molecule has 0 unspecified atom stereocenters. The number of aromatic nitrogens is 3. The summed E-state index contributed by atoms with van der Waals surface area (Å²) in [5.41, 5.74) is 1.64. The average molecular weight is 268 g/mol. The highest BCUT2D eigenvalue weighted by molar-refractivity contribution is 5.97. The van der Waals surface area contributed by atoms with E-state index in [1.807, 2.05) is 48.3 Å². The van der Waals surface area contributed by atoms with E-state index in [-0.39, 0.29) is 5.91 Å². The van der Waals surface area contributed by atoms with Gasteiger partial charge in [0.2, 0.25) is 0 Å². The molecule has 1 aromatic carbocycles. The number of rotatable bonds is 4. The van der Waals surface area contributed by atoms with E-state index in [4.69, 9.17) is 0 Å². The van der Waals surface area contributed by atoms with Gasteiger partial charge in [-0.15, -0.1) is 0 Å². The topological polar surface area (TPSA) is 62.7 Å². The lowest BCUT2D eigenvalue weighted by molar-refractivity contribution is 0.0954. The van der Waals surface area contributed by atoms with Crippen LogP contribution in [0.4, 0.5) is 0 Å². The number of amides is 1. The summed E-state index contributed by atoms with van der Waals surface area (Å²) < 4.78 is 1.96. The molecule has 1 amide bonds. The van der Waals surface area contributed by atoms with Crippen molar-refractivity contribution >= 4 is 16.8 Å². The first kappa shape index (κ1) is 12.5. The second-order valence-electron chi connectivity index (χ2n) is 4.74. The summed E-state index contributed by atoms with van der Waals surface area (Å²) in [6.07, 6.45) is 6.25. The van der Waals surface area contributed by atoms with Crippen LogP contribution >= 0.6 is 0 Å². The van der Waals surface area contributed by atoms with Gasteiger partial charge in [0.05, 0.1) is 0 Å². The van der Waals surface area contributed by atoms with Gasteiger partial charge in [0.25, 0.3) is 5.91 Å². The summed E-state index contributed by atoms with van der Waals surface area (Å²) >= 11 is 0. The van der Waals surface area contributed by atoms with E-state index in [0.29, 0.717) is 12.1 Å². The van der Waals surface area contributed by atoms with Crippen LogP contribution in [0, 0.1) is 0 Å². The quantitative estimate of drug-likeness (QED) is 0.759. The van der Waals surface area contributed by atoms with Crippen molar-refractivity contribution < 1.29 is 4.79 Å². The first-order valence-corrected chi connectivity index (χ1v) is 6.55. The highest BCUT2D eigenvalue weighted by Gasteiger charge is 2.07. The van der Waals surface area contributed by atoms with Crippen LogP contribution in [0.5, 0.6) is 0 Å². The molecule has 0 aliphatic rings. The second-order valence-corrected chi connectivity index (χ2v) is 4.74. The lowest BCUT2D eigenvalue weighted by Crippen LogP contribution is -2.26. The Morgan fingerprint density at radius 3 is 3.10 bits per heavy atom. The normalized spacial score (nSPS) is 10.8. The lowest BCUT2D eigenvalue weighted by Gasteiger charge is -2.05. The predicted octanol–water partition coefficient (Wildman–Crippen LogP) is 1.87. The molecule has 102 valence electrons. The SMILES string of the molecule is Cn1ccnc1CCNC(=O)c1ccc2cc[nH]c2c1. The number of nitrogens with one attached hydrogen (secondary N) is 2. The number of aromatic amines is 1. The smallest absolute Gasteiger partial charge is 0.251 e. The molecular formula is C15H16N4O. The number of hydrogen-bond acceptors (Lipinski definition) is 2. The number of hydrogen-bond donors (Lipinski definition) is 2. The summed E-state index contributed by atoms with van der Waals surface area (Å²) in [6.45, 7) is 0.576. The Morgan fingerprint density at radius 1 is 1.40 bits per heavy atom. The molecule has 0 fully saturated rings. The summed E-state index contributed by atoms with van der Waals surface area (Å²) in [4.78, 5) is 19.4. The van der Waals surface area contributed by atoms with Crippen LogP contribution in [-0.2, 0) is 13.5 Å². The van der Waals surface area contributed by atoms with Gasteiger partial charge in [-0.05, 0) is 23.6 Å². The van der Waals surface area contributed by atoms with Gasteiger partial charge < -0.3 is 14.9 Å². The fraction of sp³-hybridized carbons (Fsp3) is 0.200. The van der Waals surface area contributed by atoms with E-state index in [9.17, 15) is 4.79 Å². The van der Waals surface area contributed by atoms with Crippen molar-refractivity contribution in [1.29, 1.82) is 0 Å². The maximum Gasteiger partial charge on any atom is 0.251 e. The first-order valence-electron chi connectivity index (χ1n) is 6.55. The van der Waals surface area contributed by atoms with Gasteiger partial charge in [0.1, 0.15) is 5.82 Å². The Kier molecular flexibility index (Phi) is 3.25. The van der Waals surface area contributed by atoms with Crippen LogP contribution in [0.2, 0.25) is 0 Å². The van der Waals surface area contributed by atoms with Gasteiger partial charge >= 0.3 is 0 Å². The van der Waals surface area contributed by atoms with Crippen LogP contribution in [0.1, 0.15) is 16.2 Å². The summed E-state index contributed by atoms with van der Waals surface area (Å²) in [5.74, 6) is 0.904. The molecule has 0 aliphatic carbocycles. The number of aryl methyl sites for hydroxylation is 1. The Bertz CT molecular complexity index is 741. The van der Waals surface area contributed by atoms with Crippen LogP contribution in [0.15, 0.2) is 42.9 Å².